The van der Waals surface area contributed by atoms with Gasteiger partial charge in [-0.2, -0.15) is 0 Å². The Labute approximate surface area is 157 Å². The summed E-state index contributed by atoms with van der Waals surface area (Å²) in [6.07, 6.45) is 1.03. The Hall–Kier alpha value is -0.710. The molecule has 126 valence electrons. The van der Waals surface area contributed by atoms with Crippen LogP contribution in [0.25, 0.3) is 0 Å². The maximum absolute atomic E-state index is 6.37. The van der Waals surface area contributed by atoms with Gasteiger partial charge in [-0.25, -0.2) is 0 Å². The second-order valence-electron chi connectivity index (χ2n) is 6.57. The molecule has 1 unspecified atom stereocenters. The van der Waals surface area contributed by atoms with Crippen LogP contribution in [0.5, 0.6) is 0 Å². The highest BCUT2D eigenvalue weighted by molar-refractivity contribution is 7.99. The standard InChI is InChI=1S/C19H20Cl2N2S/c1-22-6-8-23(9-7-22)17-10-13-4-2-3-5-18(13)24-19-12-16(21)15(20)11-14(17)19/h2-5,11-12,17H,6-10H2,1H3. The summed E-state index contributed by atoms with van der Waals surface area (Å²) in [5, 5.41) is 1.29. The molecule has 0 amide bonds. The molecule has 0 aromatic heterocycles. The molecule has 0 bridgehead atoms. The Balaban J connectivity index is 1.79. The van der Waals surface area contributed by atoms with Crippen molar-refractivity contribution in [2.24, 2.45) is 0 Å². The van der Waals surface area contributed by atoms with E-state index in [9.17, 15) is 0 Å². The monoisotopic (exact) mass is 378 g/mol. The smallest absolute Gasteiger partial charge is 0.0603 e. The summed E-state index contributed by atoms with van der Waals surface area (Å²) in [5.41, 5.74) is 2.73. The van der Waals surface area contributed by atoms with Gasteiger partial charge in [0.05, 0.1) is 10.0 Å². The highest BCUT2D eigenvalue weighted by Gasteiger charge is 2.30. The van der Waals surface area contributed by atoms with E-state index in [4.69, 9.17) is 23.2 Å². The lowest BCUT2D eigenvalue weighted by molar-refractivity contribution is 0.110. The van der Waals surface area contributed by atoms with Gasteiger partial charge in [0.15, 0.2) is 0 Å². The van der Waals surface area contributed by atoms with Crippen LogP contribution in [0.1, 0.15) is 17.2 Å². The number of benzene rings is 2. The summed E-state index contributed by atoms with van der Waals surface area (Å²) in [4.78, 5) is 7.56. The molecular formula is C19H20Cl2N2S. The van der Waals surface area contributed by atoms with Crippen LogP contribution in [0.2, 0.25) is 10.0 Å². The summed E-state index contributed by atoms with van der Waals surface area (Å²) in [7, 11) is 2.19. The van der Waals surface area contributed by atoms with Crippen LogP contribution in [0.3, 0.4) is 0 Å². The number of rotatable bonds is 1. The van der Waals surface area contributed by atoms with Crippen molar-refractivity contribution in [1.82, 2.24) is 9.80 Å². The molecule has 0 aliphatic carbocycles. The first-order valence-corrected chi connectivity index (χ1v) is 9.86. The average Bonchev–Trinajstić information content (AvgIpc) is 2.73. The number of nitrogens with zero attached hydrogens (tertiary/aromatic N) is 2. The number of piperazine rings is 1. The largest absolute Gasteiger partial charge is 0.304 e. The van der Waals surface area contributed by atoms with Gasteiger partial charge in [-0.1, -0.05) is 53.2 Å². The van der Waals surface area contributed by atoms with Gasteiger partial charge in [-0.15, -0.1) is 0 Å². The first-order chi connectivity index (χ1) is 11.6. The first kappa shape index (κ1) is 16.7. The van der Waals surface area contributed by atoms with Crippen LogP contribution < -0.4 is 0 Å². The van der Waals surface area contributed by atoms with Gasteiger partial charge in [0, 0.05) is 42.0 Å². The fraction of sp³-hybridized carbons (Fsp3) is 0.368. The molecule has 24 heavy (non-hydrogen) atoms. The first-order valence-electron chi connectivity index (χ1n) is 8.29. The minimum Gasteiger partial charge on any atom is -0.304 e. The van der Waals surface area contributed by atoms with Crippen molar-refractivity contribution in [3.8, 4) is 0 Å². The van der Waals surface area contributed by atoms with Crippen molar-refractivity contribution in [2.45, 2.75) is 22.3 Å². The Kier molecular flexibility index (Phi) is 4.81. The van der Waals surface area contributed by atoms with Gasteiger partial charge in [-0.05, 0) is 42.8 Å². The fourth-order valence-electron chi connectivity index (χ4n) is 3.56. The quantitative estimate of drug-likeness (QED) is 0.689. The van der Waals surface area contributed by atoms with Crippen LogP contribution >= 0.6 is 35.0 Å². The number of fused-ring (bicyclic) bond motifs is 2. The third-order valence-corrected chi connectivity index (χ3v) is 6.91. The zero-order valence-corrected chi connectivity index (χ0v) is 16.0. The molecule has 2 nitrogen and oxygen atoms in total. The van der Waals surface area contributed by atoms with Gasteiger partial charge in [-0.3, -0.25) is 4.90 Å². The molecule has 1 atom stereocenters. The number of hydrogen-bond donors (Lipinski definition) is 0. The number of hydrogen-bond acceptors (Lipinski definition) is 3. The Morgan fingerprint density at radius 1 is 0.958 bits per heavy atom. The Bertz CT molecular complexity index is 757. The lowest BCUT2D eigenvalue weighted by Crippen LogP contribution is -2.46. The highest BCUT2D eigenvalue weighted by atomic mass is 35.5. The molecule has 1 fully saturated rings. The van der Waals surface area contributed by atoms with Crippen LogP contribution in [-0.2, 0) is 6.42 Å². The molecule has 1 saturated heterocycles. The van der Waals surface area contributed by atoms with E-state index in [1.54, 1.807) is 0 Å². The Morgan fingerprint density at radius 2 is 1.67 bits per heavy atom. The molecule has 2 aliphatic heterocycles. The summed E-state index contributed by atoms with van der Waals surface area (Å²) >= 11 is 14.5. The lowest BCUT2D eigenvalue weighted by Gasteiger charge is -2.38. The van der Waals surface area contributed by atoms with E-state index in [0.717, 1.165) is 32.6 Å². The van der Waals surface area contributed by atoms with Gasteiger partial charge < -0.3 is 4.90 Å². The van der Waals surface area contributed by atoms with E-state index in [0.29, 0.717) is 16.1 Å². The van der Waals surface area contributed by atoms with Crippen molar-refractivity contribution < 1.29 is 0 Å². The SMILES string of the molecule is CN1CCN(C2Cc3ccccc3Sc3cc(Cl)c(Cl)cc32)CC1. The molecule has 5 heteroatoms. The van der Waals surface area contributed by atoms with Gasteiger partial charge in [0.2, 0.25) is 0 Å². The minimum atomic E-state index is 0.361. The molecule has 0 spiro atoms. The summed E-state index contributed by atoms with van der Waals surface area (Å²) in [6.45, 7) is 4.41. The maximum Gasteiger partial charge on any atom is 0.0603 e. The molecule has 2 aliphatic rings. The topological polar surface area (TPSA) is 6.48 Å². The zero-order valence-electron chi connectivity index (χ0n) is 13.6. The number of likely N-dealkylation sites (N-methyl/N-ethyl adjacent to an activating group) is 1. The van der Waals surface area contributed by atoms with Crippen LogP contribution in [0.4, 0.5) is 0 Å². The molecule has 2 aromatic carbocycles. The van der Waals surface area contributed by atoms with Crippen molar-refractivity contribution in [1.29, 1.82) is 0 Å². The third kappa shape index (κ3) is 3.21. The molecule has 0 radical (unpaired) electrons. The third-order valence-electron chi connectivity index (χ3n) is 5.00. The minimum absolute atomic E-state index is 0.361. The van der Waals surface area contributed by atoms with E-state index in [1.807, 2.05) is 17.8 Å². The van der Waals surface area contributed by atoms with Gasteiger partial charge in [0.25, 0.3) is 0 Å². The van der Waals surface area contributed by atoms with E-state index in [-0.39, 0.29) is 0 Å². The summed E-state index contributed by atoms with van der Waals surface area (Å²) < 4.78 is 0. The molecule has 4 rings (SSSR count). The molecular weight excluding hydrogens is 359 g/mol. The second kappa shape index (κ2) is 6.89. The van der Waals surface area contributed by atoms with E-state index in [1.165, 1.54) is 20.9 Å². The van der Waals surface area contributed by atoms with Crippen molar-refractivity contribution in [3.05, 3.63) is 57.6 Å². The van der Waals surface area contributed by atoms with Crippen LogP contribution in [0, 0.1) is 0 Å². The van der Waals surface area contributed by atoms with E-state index < -0.39 is 0 Å². The molecule has 2 heterocycles. The van der Waals surface area contributed by atoms with Gasteiger partial charge >= 0.3 is 0 Å². The predicted octanol–water partition coefficient (Wildman–Crippen LogP) is 4.99. The van der Waals surface area contributed by atoms with Crippen molar-refractivity contribution >= 4 is 35.0 Å². The van der Waals surface area contributed by atoms with Crippen LogP contribution in [-0.4, -0.2) is 43.0 Å². The lowest BCUT2D eigenvalue weighted by atomic mass is 9.96. The molecule has 0 saturated carbocycles. The van der Waals surface area contributed by atoms with Crippen LogP contribution in [0.15, 0.2) is 46.2 Å². The van der Waals surface area contributed by atoms with Crippen molar-refractivity contribution in [3.63, 3.8) is 0 Å². The Morgan fingerprint density at radius 3 is 2.46 bits per heavy atom. The van der Waals surface area contributed by atoms with E-state index >= 15 is 0 Å². The van der Waals surface area contributed by atoms with E-state index in [2.05, 4.69) is 47.2 Å². The highest BCUT2D eigenvalue weighted by Crippen LogP contribution is 2.45. The number of halogens is 2. The molecule has 2 aromatic rings. The van der Waals surface area contributed by atoms with Gasteiger partial charge in [0.1, 0.15) is 0 Å². The second-order valence-corrected chi connectivity index (χ2v) is 8.47. The fourth-order valence-corrected chi connectivity index (χ4v) is 5.12. The van der Waals surface area contributed by atoms with Crippen molar-refractivity contribution in [2.75, 3.05) is 33.2 Å². The normalized spacial score (nSPS) is 21.9. The molecule has 0 N–H and O–H groups in total. The average molecular weight is 379 g/mol. The summed E-state index contributed by atoms with van der Waals surface area (Å²) in [6, 6.07) is 13.2. The predicted molar refractivity (Wildman–Crippen MR) is 103 cm³/mol. The maximum atomic E-state index is 6.37. The summed E-state index contributed by atoms with van der Waals surface area (Å²) in [5.74, 6) is 0. The zero-order chi connectivity index (χ0) is 16.7.